The smallest absolute Gasteiger partial charge is 0.143 e. The highest BCUT2D eigenvalue weighted by molar-refractivity contribution is 5.50. The lowest BCUT2D eigenvalue weighted by molar-refractivity contribution is -0.215. The van der Waals surface area contributed by atoms with Crippen molar-refractivity contribution in [3.05, 3.63) is 347 Å². The summed E-state index contributed by atoms with van der Waals surface area (Å²) in [5.41, 5.74) is 7.15. The fourth-order valence-electron chi connectivity index (χ4n) is 10.6. The molecule has 0 unspecified atom stereocenters. The molecule has 0 radical (unpaired) electrons. The predicted molar refractivity (Wildman–Crippen MR) is 324 cm³/mol. The first-order valence-corrected chi connectivity index (χ1v) is 28.0. The van der Waals surface area contributed by atoms with Crippen LogP contribution in [0.3, 0.4) is 0 Å². The van der Waals surface area contributed by atoms with Gasteiger partial charge in [0.1, 0.15) is 47.1 Å². The Hall–Kier alpha value is -8.44. The molecule has 10 rings (SSSR count). The Morgan fingerprint density at radius 3 is 0.720 bits per heavy atom. The fraction of sp³-hybridized carbons (Fsp3) is 0.189. The molecule has 0 N–H and O–H groups in total. The third kappa shape index (κ3) is 14.0. The van der Waals surface area contributed by atoms with Crippen LogP contribution in [0.2, 0.25) is 0 Å². The number of hydrogen-bond donors (Lipinski definition) is 0. The van der Waals surface area contributed by atoms with Crippen LogP contribution < -0.4 is 9.47 Å². The van der Waals surface area contributed by atoms with Crippen molar-refractivity contribution in [2.45, 2.75) is 62.0 Å². The Kier molecular flexibility index (Phi) is 20.0. The highest BCUT2D eigenvalue weighted by Gasteiger charge is 2.45. The second-order valence-corrected chi connectivity index (χ2v) is 20.1. The third-order valence-corrected chi connectivity index (χ3v) is 14.9. The minimum atomic E-state index is -1.15. The maximum atomic E-state index is 7.79. The van der Waals surface area contributed by atoms with Gasteiger partial charge in [0.15, 0.2) is 0 Å². The summed E-state index contributed by atoms with van der Waals surface area (Å²) in [5, 5.41) is 0. The highest BCUT2D eigenvalue weighted by Crippen LogP contribution is 2.44. The molecular weight excluding hydrogens is 1020 g/mol. The van der Waals surface area contributed by atoms with E-state index in [2.05, 4.69) is 121 Å². The Morgan fingerprint density at radius 2 is 0.476 bits per heavy atom. The molecule has 82 heavy (non-hydrogen) atoms. The molecule has 0 saturated carbocycles. The normalized spacial score (nSPS) is 13.1. The van der Waals surface area contributed by atoms with Crippen LogP contribution >= 0.6 is 0 Å². The van der Waals surface area contributed by atoms with Crippen LogP contribution in [0.25, 0.3) is 0 Å². The van der Waals surface area contributed by atoms with Crippen molar-refractivity contribution in [2.24, 2.45) is 0 Å². The minimum absolute atomic E-state index is 0.0311. The van der Waals surface area contributed by atoms with Gasteiger partial charge in [-0.15, -0.1) is 0 Å². The number of ether oxygens (including phenoxy) is 8. The van der Waals surface area contributed by atoms with Gasteiger partial charge in [-0.2, -0.15) is 0 Å². The molecule has 0 spiro atoms. The number of benzene rings is 10. The summed E-state index contributed by atoms with van der Waals surface area (Å²) >= 11 is 0. The van der Waals surface area contributed by atoms with Gasteiger partial charge in [0.25, 0.3) is 0 Å². The molecule has 10 aromatic rings. The van der Waals surface area contributed by atoms with Crippen molar-refractivity contribution < 1.29 is 37.9 Å². The molecule has 0 aliphatic carbocycles. The largest absolute Gasteiger partial charge is 0.497 e. The summed E-state index contributed by atoms with van der Waals surface area (Å²) in [6, 6.07) is 98.5. The molecule has 0 amide bonds. The van der Waals surface area contributed by atoms with E-state index in [1.807, 2.05) is 170 Å². The zero-order valence-corrected chi connectivity index (χ0v) is 46.5. The van der Waals surface area contributed by atoms with E-state index in [1.54, 1.807) is 14.2 Å². The topological polar surface area (TPSA) is 73.8 Å². The van der Waals surface area contributed by atoms with Gasteiger partial charge in [-0.05, 0) is 79.9 Å². The van der Waals surface area contributed by atoms with Gasteiger partial charge in [-0.1, -0.05) is 267 Å². The number of rotatable bonds is 29. The van der Waals surface area contributed by atoms with Crippen molar-refractivity contribution in [1.29, 1.82) is 0 Å². The molecule has 414 valence electrons. The SMILES string of the molecule is COc1ccc(C(OC[C@@H](OCc2ccccc2)[C@@H](OCc2ccccc2)[C@H](OCc2ccccc2)[C@@H](COC(c2ccccc2)(c2ccccc2)c2ccc(OC)cc2)OCc2ccccc2)(c2ccccc2)c2ccccc2)cc1. The second-order valence-electron chi connectivity index (χ2n) is 20.1. The molecule has 0 bridgehead atoms. The van der Waals surface area contributed by atoms with Crippen molar-refractivity contribution in [3.8, 4) is 11.5 Å². The Morgan fingerprint density at radius 1 is 0.256 bits per heavy atom. The Balaban J connectivity index is 1.16. The Labute approximate surface area is 483 Å². The van der Waals surface area contributed by atoms with E-state index >= 15 is 0 Å². The van der Waals surface area contributed by atoms with Crippen molar-refractivity contribution in [2.75, 3.05) is 27.4 Å². The lowest BCUT2D eigenvalue weighted by Gasteiger charge is -2.42. The zero-order chi connectivity index (χ0) is 56.1. The van der Waals surface area contributed by atoms with Gasteiger partial charge in [0.2, 0.25) is 0 Å². The van der Waals surface area contributed by atoms with Gasteiger partial charge in [0, 0.05) is 0 Å². The van der Waals surface area contributed by atoms with Crippen molar-refractivity contribution in [1.82, 2.24) is 0 Å². The first-order valence-electron chi connectivity index (χ1n) is 28.0. The van der Waals surface area contributed by atoms with Crippen molar-refractivity contribution in [3.63, 3.8) is 0 Å². The predicted octanol–water partition coefficient (Wildman–Crippen LogP) is 15.4. The number of hydrogen-bond acceptors (Lipinski definition) is 8. The van der Waals surface area contributed by atoms with E-state index in [0.29, 0.717) is 0 Å². The van der Waals surface area contributed by atoms with Crippen LogP contribution in [-0.2, 0) is 66.1 Å². The molecule has 8 heteroatoms. The van der Waals surface area contributed by atoms with Gasteiger partial charge in [0.05, 0.1) is 53.9 Å². The summed E-state index contributed by atoms with van der Waals surface area (Å²) in [7, 11) is 3.36. The monoisotopic (exact) mass is 1090 g/mol. The van der Waals surface area contributed by atoms with Crippen LogP contribution in [0.15, 0.2) is 291 Å². The molecule has 0 aliphatic heterocycles. The summed E-state index contributed by atoms with van der Waals surface area (Å²) < 4.78 is 56.8. The average molecular weight is 1090 g/mol. The molecule has 0 fully saturated rings. The van der Waals surface area contributed by atoms with E-state index < -0.39 is 35.6 Å². The van der Waals surface area contributed by atoms with Crippen LogP contribution in [-0.4, -0.2) is 51.8 Å². The van der Waals surface area contributed by atoms with Crippen LogP contribution in [0.4, 0.5) is 0 Å². The van der Waals surface area contributed by atoms with E-state index in [4.69, 9.17) is 37.9 Å². The lowest BCUT2D eigenvalue weighted by Crippen LogP contribution is -2.53. The van der Waals surface area contributed by atoms with Crippen LogP contribution in [0.5, 0.6) is 11.5 Å². The summed E-state index contributed by atoms with van der Waals surface area (Å²) in [6.07, 6.45) is -3.37. The molecular formula is C74H70O8. The van der Waals surface area contributed by atoms with E-state index in [1.165, 1.54) is 0 Å². The van der Waals surface area contributed by atoms with Crippen LogP contribution in [0.1, 0.15) is 55.6 Å². The van der Waals surface area contributed by atoms with E-state index in [0.717, 1.165) is 67.1 Å². The molecule has 0 saturated heterocycles. The molecule has 0 heterocycles. The summed E-state index contributed by atoms with van der Waals surface area (Å²) in [4.78, 5) is 0. The van der Waals surface area contributed by atoms with E-state index in [9.17, 15) is 0 Å². The Bertz CT molecular complexity index is 3060. The first-order chi connectivity index (χ1) is 40.6. The van der Waals surface area contributed by atoms with Gasteiger partial charge >= 0.3 is 0 Å². The summed E-state index contributed by atoms with van der Waals surface area (Å²) in [6.45, 7) is 0.989. The molecule has 0 aliphatic rings. The average Bonchev–Trinajstić information content (AvgIpc) is 3.75. The third-order valence-electron chi connectivity index (χ3n) is 14.9. The molecule has 10 aromatic carbocycles. The quantitative estimate of drug-likeness (QED) is 0.0430. The maximum Gasteiger partial charge on any atom is 0.143 e. The maximum absolute atomic E-state index is 7.79. The van der Waals surface area contributed by atoms with Gasteiger partial charge in [-0.25, -0.2) is 0 Å². The fourth-order valence-corrected chi connectivity index (χ4v) is 10.6. The van der Waals surface area contributed by atoms with E-state index in [-0.39, 0.29) is 39.6 Å². The van der Waals surface area contributed by atoms with Crippen LogP contribution in [0, 0.1) is 0 Å². The lowest BCUT2D eigenvalue weighted by atomic mass is 9.80. The molecule has 8 nitrogen and oxygen atoms in total. The number of methoxy groups -OCH3 is 2. The second kappa shape index (κ2) is 28.8. The molecule has 4 atom stereocenters. The molecule has 0 aromatic heterocycles. The van der Waals surface area contributed by atoms with Gasteiger partial charge in [-0.3, -0.25) is 0 Å². The van der Waals surface area contributed by atoms with Gasteiger partial charge < -0.3 is 37.9 Å². The minimum Gasteiger partial charge on any atom is -0.497 e. The first kappa shape index (κ1) is 56.8. The summed E-state index contributed by atoms with van der Waals surface area (Å²) in [5.74, 6) is 1.46. The standard InChI is InChI=1S/C74H70O8/c1-75-67-47-43-65(44-48-67)73(61-35-19-7-20-36-61,62-37-21-8-22-38-62)81-55-69(77-51-57-27-11-3-12-28-57)71(79-53-59-31-15-5-16-32-59)72(80-54-60-33-17-6-18-34-60)70(78-52-58-29-13-4-14-30-58)56-82-74(63-39-23-9-24-40-63,64-41-25-10-26-42-64)66-45-49-68(76-2)50-46-66/h3-50,69-72H,51-56H2,1-2H3/t69-,70-,71-,72-/m1/s1. The highest BCUT2D eigenvalue weighted by atomic mass is 16.6. The van der Waals surface area contributed by atoms with Crippen molar-refractivity contribution >= 4 is 0 Å². The zero-order valence-electron chi connectivity index (χ0n) is 46.5.